The number of benzene rings is 2. The molecule has 0 aliphatic carbocycles. The van der Waals surface area contributed by atoms with Gasteiger partial charge in [-0.25, -0.2) is 0 Å². The van der Waals surface area contributed by atoms with Crippen LogP contribution in [0.15, 0.2) is 42.5 Å². The first-order valence-corrected chi connectivity index (χ1v) is 8.02. The fourth-order valence-corrected chi connectivity index (χ4v) is 2.29. The average Bonchev–Trinajstić information content (AvgIpc) is 2.51. The fourth-order valence-electron chi connectivity index (χ4n) is 2.29. The van der Waals surface area contributed by atoms with E-state index in [2.05, 4.69) is 10.6 Å². The summed E-state index contributed by atoms with van der Waals surface area (Å²) in [6.07, 6.45) is -0.661. The van der Waals surface area contributed by atoms with Gasteiger partial charge in [0.05, 0.1) is 11.8 Å². The number of nitrogens with one attached hydrogen (secondary N) is 2. The smallest absolute Gasteiger partial charge is 0.138 e. The number of aromatic hydroxyl groups is 2. The van der Waals surface area contributed by atoms with Crippen molar-refractivity contribution in [2.45, 2.75) is 39.0 Å². The van der Waals surface area contributed by atoms with E-state index in [0.29, 0.717) is 18.8 Å². The highest BCUT2D eigenvalue weighted by atomic mass is 16.3. The van der Waals surface area contributed by atoms with Crippen LogP contribution in [0.5, 0.6) is 11.5 Å². The van der Waals surface area contributed by atoms with Gasteiger partial charge in [0, 0.05) is 18.6 Å². The van der Waals surface area contributed by atoms with Crippen molar-refractivity contribution in [3.63, 3.8) is 0 Å². The number of hydrogen-bond donors (Lipinski definition) is 5. The lowest BCUT2D eigenvalue weighted by Gasteiger charge is -2.23. The number of anilines is 1. The number of phenolic OH excluding ortho intramolecular Hbond substituents is 2. The van der Waals surface area contributed by atoms with Gasteiger partial charge >= 0.3 is 0 Å². The van der Waals surface area contributed by atoms with Crippen molar-refractivity contribution < 1.29 is 15.3 Å². The first kappa shape index (κ1) is 18.1. The average molecular weight is 330 g/mol. The molecular formula is C19H26N2O3. The molecule has 0 bridgehead atoms. The van der Waals surface area contributed by atoms with Crippen LogP contribution in [0.25, 0.3) is 0 Å². The second kappa shape index (κ2) is 7.55. The summed E-state index contributed by atoms with van der Waals surface area (Å²) < 4.78 is 0. The molecule has 130 valence electrons. The van der Waals surface area contributed by atoms with Crippen LogP contribution >= 0.6 is 0 Å². The molecule has 1 atom stereocenters. The van der Waals surface area contributed by atoms with Crippen molar-refractivity contribution in [1.29, 1.82) is 0 Å². The molecule has 0 fully saturated rings. The summed E-state index contributed by atoms with van der Waals surface area (Å²) >= 11 is 0. The standard InChI is InChI=1S/C19H26N2O3/c1-19(2,3)21-12-18(24)14-7-8-17(23)16(10-14)20-11-13-5-4-6-15(22)9-13/h4-10,18,20-24H,11-12H2,1-3H3. The molecule has 5 heteroatoms. The van der Waals surface area contributed by atoms with E-state index in [-0.39, 0.29) is 17.0 Å². The Morgan fingerprint density at radius 3 is 2.46 bits per heavy atom. The number of phenols is 2. The van der Waals surface area contributed by atoms with Crippen LogP contribution in [0.4, 0.5) is 5.69 Å². The third kappa shape index (κ3) is 5.44. The molecule has 0 aliphatic rings. The summed E-state index contributed by atoms with van der Waals surface area (Å²) in [7, 11) is 0. The molecule has 1 unspecified atom stereocenters. The first-order chi connectivity index (χ1) is 11.2. The van der Waals surface area contributed by atoms with Gasteiger partial charge < -0.3 is 26.0 Å². The predicted molar refractivity (Wildman–Crippen MR) is 96.3 cm³/mol. The minimum atomic E-state index is -0.661. The van der Waals surface area contributed by atoms with Gasteiger partial charge in [0.15, 0.2) is 0 Å². The van der Waals surface area contributed by atoms with E-state index < -0.39 is 6.10 Å². The van der Waals surface area contributed by atoms with Crippen molar-refractivity contribution in [2.24, 2.45) is 0 Å². The topological polar surface area (TPSA) is 84.8 Å². The van der Waals surface area contributed by atoms with Gasteiger partial charge in [0.1, 0.15) is 11.5 Å². The molecule has 0 amide bonds. The minimum absolute atomic E-state index is 0.0751. The van der Waals surface area contributed by atoms with Crippen LogP contribution < -0.4 is 10.6 Å². The molecule has 5 nitrogen and oxygen atoms in total. The van der Waals surface area contributed by atoms with Crippen LogP contribution in [-0.2, 0) is 6.54 Å². The molecule has 0 radical (unpaired) electrons. The van der Waals surface area contributed by atoms with Crippen molar-refractivity contribution in [3.05, 3.63) is 53.6 Å². The highest BCUT2D eigenvalue weighted by molar-refractivity contribution is 5.58. The molecule has 5 N–H and O–H groups in total. The quantitative estimate of drug-likeness (QED) is 0.526. The lowest BCUT2D eigenvalue weighted by Crippen LogP contribution is -2.38. The third-order valence-electron chi connectivity index (χ3n) is 3.62. The summed E-state index contributed by atoms with van der Waals surface area (Å²) in [5.41, 5.74) is 2.09. The van der Waals surface area contributed by atoms with Crippen LogP contribution in [0, 0.1) is 0 Å². The molecule has 2 rings (SSSR count). The molecule has 0 saturated heterocycles. The predicted octanol–water partition coefficient (Wildman–Crippen LogP) is 3.13. The van der Waals surface area contributed by atoms with E-state index >= 15 is 0 Å². The Morgan fingerprint density at radius 1 is 1.04 bits per heavy atom. The highest BCUT2D eigenvalue weighted by Crippen LogP contribution is 2.28. The third-order valence-corrected chi connectivity index (χ3v) is 3.62. The van der Waals surface area contributed by atoms with Gasteiger partial charge in [0.25, 0.3) is 0 Å². The van der Waals surface area contributed by atoms with Crippen LogP contribution in [0.2, 0.25) is 0 Å². The van der Waals surface area contributed by atoms with E-state index in [4.69, 9.17) is 0 Å². The Morgan fingerprint density at radius 2 is 1.79 bits per heavy atom. The van der Waals surface area contributed by atoms with Gasteiger partial charge in [-0.15, -0.1) is 0 Å². The Labute approximate surface area is 143 Å². The van der Waals surface area contributed by atoms with E-state index in [9.17, 15) is 15.3 Å². The van der Waals surface area contributed by atoms with Gasteiger partial charge in [-0.2, -0.15) is 0 Å². The SMILES string of the molecule is CC(C)(C)NCC(O)c1ccc(O)c(NCc2cccc(O)c2)c1. The van der Waals surface area contributed by atoms with Crippen molar-refractivity contribution >= 4 is 5.69 Å². The van der Waals surface area contributed by atoms with Crippen LogP contribution in [0.1, 0.15) is 38.0 Å². The van der Waals surface area contributed by atoms with E-state index in [1.54, 1.807) is 36.4 Å². The zero-order chi connectivity index (χ0) is 17.7. The molecular weight excluding hydrogens is 304 g/mol. The Bertz CT molecular complexity index is 681. The first-order valence-electron chi connectivity index (χ1n) is 8.02. The summed E-state index contributed by atoms with van der Waals surface area (Å²) in [5.74, 6) is 0.325. The molecule has 0 spiro atoms. The second-order valence-corrected chi connectivity index (χ2v) is 6.95. The van der Waals surface area contributed by atoms with Gasteiger partial charge in [0.2, 0.25) is 0 Å². The van der Waals surface area contributed by atoms with Gasteiger partial charge in [-0.1, -0.05) is 18.2 Å². The molecule has 0 aliphatic heterocycles. The summed E-state index contributed by atoms with van der Waals surface area (Å²) in [4.78, 5) is 0. The Balaban J connectivity index is 2.05. The number of hydrogen-bond acceptors (Lipinski definition) is 5. The lowest BCUT2D eigenvalue weighted by molar-refractivity contribution is 0.163. The number of aliphatic hydroxyl groups is 1. The second-order valence-electron chi connectivity index (χ2n) is 6.95. The maximum absolute atomic E-state index is 10.3. The number of aliphatic hydroxyl groups excluding tert-OH is 1. The van der Waals surface area contributed by atoms with E-state index in [1.165, 1.54) is 0 Å². The van der Waals surface area contributed by atoms with Crippen LogP contribution in [0.3, 0.4) is 0 Å². The zero-order valence-corrected chi connectivity index (χ0v) is 14.4. The maximum Gasteiger partial charge on any atom is 0.138 e. The summed E-state index contributed by atoms with van der Waals surface area (Å²) in [6, 6.07) is 12.0. The lowest BCUT2D eigenvalue weighted by atomic mass is 10.1. The minimum Gasteiger partial charge on any atom is -0.508 e. The molecule has 0 saturated carbocycles. The highest BCUT2D eigenvalue weighted by Gasteiger charge is 2.15. The molecule has 0 heterocycles. The maximum atomic E-state index is 10.3. The van der Waals surface area contributed by atoms with Crippen molar-refractivity contribution in [2.75, 3.05) is 11.9 Å². The summed E-state index contributed by atoms with van der Waals surface area (Å²) in [6.45, 7) is 7.01. The number of β-amino-alcohol motifs (C(OH)–C–C–N with tert-alkyl or cyclic N) is 1. The zero-order valence-electron chi connectivity index (χ0n) is 14.4. The van der Waals surface area contributed by atoms with Gasteiger partial charge in [-0.3, -0.25) is 0 Å². The fraction of sp³-hybridized carbons (Fsp3) is 0.368. The Kier molecular flexibility index (Phi) is 5.70. The number of rotatable bonds is 6. The van der Waals surface area contributed by atoms with E-state index in [1.807, 2.05) is 26.8 Å². The van der Waals surface area contributed by atoms with E-state index in [0.717, 1.165) is 11.1 Å². The molecule has 0 aromatic heterocycles. The molecule has 2 aromatic rings. The monoisotopic (exact) mass is 330 g/mol. The van der Waals surface area contributed by atoms with Crippen molar-refractivity contribution in [1.82, 2.24) is 5.32 Å². The van der Waals surface area contributed by atoms with Crippen LogP contribution in [-0.4, -0.2) is 27.4 Å². The van der Waals surface area contributed by atoms with Gasteiger partial charge in [-0.05, 0) is 56.2 Å². The molecule has 2 aromatic carbocycles. The van der Waals surface area contributed by atoms with Crippen molar-refractivity contribution in [3.8, 4) is 11.5 Å². The summed E-state index contributed by atoms with van der Waals surface area (Å²) in [5, 5.41) is 36.2. The normalized spacial score (nSPS) is 12.8. The Hall–Kier alpha value is -2.24. The largest absolute Gasteiger partial charge is 0.508 e. The molecule has 24 heavy (non-hydrogen) atoms.